The fourth-order valence-corrected chi connectivity index (χ4v) is 11.4. The summed E-state index contributed by atoms with van der Waals surface area (Å²) < 4.78 is 66.9. The highest BCUT2D eigenvalue weighted by Crippen LogP contribution is 2.69. The first kappa shape index (κ1) is 23.3. The number of hydrogen-bond acceptors (Lipinski definition) is 1. The van der Waals surface area contributed by atoms with Gasteiger partial charge in [0.2, 0.25) is 0 Å². The Morgan fingerprint density at radius 2 is 1.22 bits per heavy atom. The molecule has 0 aromatic heterocycles. The predicted molar refractivity (Wildman–Crippen MR) is 205 cm³/mol. The lowest BCUT2D eigenvalue weighted by molar-refractivity contribution is -0.0399. The fraction of sp³-hybridized carbons (Fsp3) is 0.375. The lowest BCUT2D eigenvalue weighted by Gasteiger charge is -2.61. The van der Waals surface area contributed by atoms with Crippen molar-refractivity contribution in [1.29, 1.82) is 0 Å². The highest BCUT2D eigenvalue weighted by molar-refractivity contribution is 5.88. The molecule has 4 fully saturated rings. The third-order valence-electron chi connectivity index (χ3n) is 13.5. The van der Waals surface area contributed by atoms with Gasteiger partial charge in [-0.25, -0.2) is 0 Å². The van der Waals surface area contributed by atoms with Gasteiger partial charge in [-0.2, -0.15) is 0 Å². The minimum atomic E-state index is -0.815. The van der Waals surface area contributed by atoms with Gasteiger partial charge >= 0.3 is 0 Å². The molecule has 5 aromatic carbocycles. The number of hydrogen-bond donors (Lipinski definition) is 0. The van der Waals surface area contributed by atoms with Crippen molar-refractivity contribution in [2.45, 2.75) is 88.9 Å². The molecule has 0 heterocycles. The van der Waals surface area contributed by atoms with Crippen molar-refractivity contribution in [3.05, 3.63) is 137 Å². The Bertz CT molecular complexity index is 2440. The van der Waals surface area contributed by atoms with Crippen LogP contribution in [0, 0.1) is 23.7 Å². The molecule has 0 unspecified atom stereocenters. The van der Waals surface area contributed by atoms with Crippen LogP contribution in [-0.2, 0) is 16.2 Å². The van der Waals surface area contributed by atoms with Crippen LogP contribution in [0.15, 0.2) is 115 Å². The molecule has 1 nitrogen and oxygen atoms in total. The van der Waals surface area contributed by atoms with Crippen molar-refractivity contribution in [2.24, 2.45) is 23.7 Å². The number of fused-ring (bicyclic) bond motifs is 4. The highest BCUT2D eigenvalue weighted by Gasteiger charge is 2.61. The van der Waals surface area contributed by atoms with Crippen molar-refractivity contribution in [3.63, 3.8) is 0 Å². The van der Waals surface area contributed by atoms with Crippen LogP contribution in [0.5, 0.6) is 0 Å². The molecule has 5 aromatic rings. The van der Waals surface area contributed by atoms with Crippen LogP contribution in [0.25, 0.3) is 22.3 Å². The molecule has 49 heavy (non-hydrogen) atoms. The van der Waals surface area contributed by atoms with Crippen molar-refractivity contribution in [1.82, 2.24) is 0 Å². The van der Waals surface area contributed by atoms with E-state index >= 15 is 0 Å². The molecule has 0 atom stereocenters. The SMILES string of the molecule is [2H]c1c([2H])c([2H])c2c(c1[2H])-c1c([2H])c([2H])c(N(c3ccc(-c4ccccc4)cc3)c3cccc4c3C(C)(C)CCC4(C)C)c([2H])c1C21C2CC3CC(C2)CC1C3. The summed E-state index contributed by atoms with van der Waals surface area (Å²) >= 11 is 0. The van der Waals surface area contributed by atoms with E-state index in [0.29, 0.717) is 39.8 Å². The molecule has 1 heteroatoms. The standard InChI is InChI=1S/C48H49N/c1-46(2)23-24-47(3,4)45-42(46)15-10-16-44(45)49(37-19-17-34(18-20-37)33-11-6-5-7-12-33)38-21-22-40-39-13-8-9-14-41(39)48(43(40)30-38)35-26-31-25-32(28-35)29-36(48)27-31/h5-22,30-32,35-36H,23-29H2,1-4H3/i8D,9D,13D,14D,21D,22D,30D. The van der Waals surface area contributed by atoms with Crippen LogP contribution in [-0.4, -0.2) is 0 Å². The summed E-state index contributed by atoms with van der Waals surface area (Å²) in [6, 6.07) is 24.4. The monoisotopic (exact) mass is 646 g/mol. The van der Waals surface area contributed by atoms with Gasteiger partial charge in [0.05, 0.1) is 15.3 Å². The molecular weight excluding hydrogens is 591 g/mol. The van der Waals surface area contributed by atoms with Gasteiger partial charge in [-0.1, -0.05) is 113 Å². The van der Waals surface area contributed by atoms with E-state index in [1.807, 2.05) is 18.2 Å². The molecule has 6 aliphatic carbocycles. The molecule has 246 valence electrons. The number of rotatable bonds is 4. The number of nitrogens with zero attached hydrogens (tertiary/aromatic N) is 1. The molecular formula is C48H49N. The Morgan fingerprint density at radius 3 is 1.96 bits per heavy atom. The van der Waals surface area contributed by atoms with Crippen molar-refractivity contribution < 1.29 is 9.60 Å². The minimum Gasteiger partial charge on any atom is -0.310 e. The zero-order valence-corrected chi connectivity index (χ0v) is 29.1. The van der Waals surface area contributed by atoms with Crippen LogP contribution in [0.3, 0.4) is 0 Å². The van der Waals surface area contributed by atoms with Gasteiger partial charge < -0.3 is 4.90 Å². The third kappa shape index (κ3) is 4.24. The Labute approximate surface area is 303 Å². The van der Waals surface area contributed by atoms with E-state index < -0.39 is 5.41 Å². The molecule has 0 radical (unpaired) electrons. The van der Waals surface area contributed by atoms with Gasteiger partial charge in [0, 0.05) is 16.8 Å². The zero-order valence-electron chi connectivity index (χ0n) is 36.1. The van der Waals surface area contributed by atoms with E-state index in [0.717, 1.165) is 61.0 Å². The predicted octanol–water partition coefficient (Wildman–Crippen LogP) is 12.9. The first-order valence-corrected chi connectivity index (χ1v) is 18.5. The summed E-state index contributed by atoms with van der Waals surface area (Å²) in [5, 5.41) is 0. The van der Waals surface area contributed by atoms with Gasteiger partial charge in [-0.3, -0.25) is 0 Å². The van der Waals surface area contributed by atoms with Gasteiger partial charge in [0.25, 0.3) is 0 Å². The molecule has 6 aliphatic rings. The molecule has 0 aliphatic heterocycles. The minimum absolute atomic E-state index is 0.0361. The van der Waals surface area contributed by atoms with Crippen molar-refractivity contribution in [3.8, 4) is 22.3 Å². The third-order valence-corrected chi connectivity index (χ3v) is 13.5. The average Bonchev–Trinajstić information content (AvgIpc) is 3.51. The first-order valence-electron chi connectivity index (χ1n) is 22.0. The summed E-state index contributed by atoms with van der Waals surface area (Å²) in [7, 11) is 0. The zero-order chi connectivity index (χ0) is 39.2. The Balaban J connectivity index is 1.30. The summed E-state index contributed by atoms with van der Waals surface area (Å²) in [4.78, 5) is 2.08. The van der Waals surface area contributed by atoms with E-state index in [2.05, 4.69) is 87.2 Å². The van der Waals surface area contributed by atoms with Gasteiger partial charge in [0.1, 0.15) is 0 Å². The Kier molecular flexibility index (Phi) is 4.98. The maximum absolute atomic E-state index is 10.6. The maximum Gasteiger partial charge on any atom is 0.0648 e. The lowest BCUT2D eigenvalue weighted by atomic mass is 9.43. The molecule has 4 saturated carbocycles. The highest BCUT2D eigenvalue weighted by atomic mass is 15.1. The van der Waals surface area contributed by atoms with Crippen LogP contribution < -0.4 is 4.90 Å². The van der Waals surface area contributed by atoms with E-state index in [-0.39, 0.29) is 65.0 Å². The van der Waals surface area contributed by atoms with E-state index in [1.165, 1.54) is 17.5 Å². The second kappa shape index (κ2) is 10.5. The molecule has 1 spiro atoms. The average molecular weight is 647 g/mol. The normalized spacial score (nSPS) is 29.8. The summed E-state index contributed by atoms with van der Waals surface area (Å²) in [5.74, 6) is 1.36. The molecule has 11 rings (SSSR count). The fourth-order valence-electron chi connectivity index (χ4n) is 11.4. The van der Waals surface area contributed by atoms with Gasteiger partial charge in [0.15, 0.2) is 0 Å². The van der Waals surface area contributed by atoms with Crippen LogP contribution in [0.4, 0.5) is 17.1 Å². The van der Waals surface area contributed by atoms with Crippen LogP contribution in [0.2, 0.25) is 0 Å². The summed E-state index contributed by atoms with van der Waals surface area (Å²) in [5.41, 5.74) is 7.57. The molecule has 0 saturated heterocycles. The van der Waals surface area contributed by atoms with Gasteiger partial charge in [-0.05, 0) is 154 Å². The summed E-state index contributed by atoms with van der Waals surface area (Å²) in [6.45, 7) is 9.20. The summed E-state index contributed by atoms with van der Waals surface area (Å²) in [6.07, 6.45) is 7.06. The van der Waals surface area contributed by atoms with Crippen LogP contribution >= 0.6 is 0 Å². The van der Waals surface area contributed by atoms with Crippen LogP contribution in [0.1, 0.15) is 104 Å². The second-order valence-electron chi connectivity index (χ2n) is 17.1. The maximum atomic E-state index is 10.6. The van der Waals surface area contributed by atoms with E-state index in [9.17, 15) is 6.85 Å². The largest absolute Gasteiger partial charge is 0.310 e. The number of anilines is 3. The van der Waals surface area contributed by atoms with Crippen molar-refractivity contribution >= 4 is 17.1 Å². The quantitative estimate of drug-likeness (QED) is 0.188. The van der Waals surface area contributed by atoms with Crippen molar-refractivity contribution in [2.75, 3.05) is 4.90 Å². The topological polar surface area (TPSA) is 3.24 Å². The molecule has 0 N–H and O–H groups in total. The number of benzene rings is 5. The van der Waals surface area contributed by atoms with E-state index in [4.69, 9.17) is 2.74 Å². The molecule has 4 bridgehead atoms. The second-order valence-corrected chi connectivity index (χ2v) is 17.1. The van der Waals surface area contributed by atoms with Gasteiger partial charge in [-0.15, -0.1) is 0 Å². The smallest absolute Gasteiger partial charge is 0.0648 e. The first-order chi connectivity index (χ1) is 26.7. The Morgan fingerprint density at radius 1 is 0.571 bits per heavy atom. The van der Waals surface area contributed by atoms with E-state index in [1.54, 1.807) is 0 Å². The molecule has 0 amide bonds. The lowest BCUT2D eigenvalue weighted by Crippen LogP contribution is -2.55. The Hall–Kier alpha value is -4.10.